The van der Waals surface area contributed by atoms with Crippen LogP contribution in [-0.4, -0.2) is 25.0 Å². The Bertz CT molecular complexity index is 427. The van der Waals surface area contributed by atoms with E-state index in [1.807, 2.05) is 0 Å². The fourth-order valence-electron chi connectivity index (χ4n) is 3.30. The van der Waals surface area contributed by atoms with Gasteiger partial charge in [0, 0.05) is 12.5 Å². The molecule has 102 valence electrons. The molecule has 1 aliphatic carbocycles. The summed E-state index contributed by atoms with van der Waals surface area (Å²) in [6.07, 6.45) is 4.97. The van der Waals surface area contributed by atoms with Crippen molar-refractivity contribution in [2.75, 3.05) is 13.1 Å². The average molecular weight is 258 g/mol. The molecule has 19 heavy (non-hydrogen) atoms. The fourth-order valence-corrected chi connectivity index (χ4v) is 3.30. The molecule has 2 N–H and O–H groups in total. The van der Waals surface area contributed by atoms with Crippen LogP contribution in [0.4, 0.5) is 0 Å². The Morgan fingerprint density at radius 2 is 1.79 bits per heavy atom. The van der Waals surface area contributed by atoms with Crippen molar-refractivity contribution in [3.05, 3.63) is 35.4 Å². The van der Waals surface area contributed by atoms with Gasteiger partial charge >= 0.3 is 0 Å². The highest BCUT2D eigenvalue weighted by Crippen LogP contribution is 2.22. The van der Waals surface area contributed by atoms with Gasteiger partial charge < -0.3 is 10.6 Å². The highest BCUT2D eigenvalue weighted by atomic mass is 16.1. The predicted molar refractivity (Wildman–Crippen MR) is 76.0 cm³/mol. The zero-order valence-electron chi connectivity index (χ0n) is 11.3. The second kappa shape index (κ2) is 5.74. The molecule has 2 aliphatic rings. The largest absolute Gasteiger partial charge is 0.353 e. The SMILES string of the molecule is O=C(CC1CCNCC1)NC1Cc2ccccc2C1. The van der Waals surface area contributed by atoms with Gasteiger partial charge in [0.2, 0.25) is 5.91 Å². The molecule has 1 heterocycles. The number of piperidine rings is 1. The number of rotatable bonds is 3. The van der Waals surface area contributed by atoms with Gasteiger partial charge in [-0.25, -0.2) is 0 Å². The molecule has 0 saturated carbocycles. The summed E-state index contributed by atoms with van der Waals surface area (Å²) < 4.78 is 0. The second-order valence-corrected chi connectivity index (χ2v) is 5.84. The Balaban J connectivity index is 1.49. The summed E-state index contributed by atoms with van der Waals surface area (Å²) in [5, 5.41) is 6.55. The Hall–Kier alpha value is -1.35. The van der Waals surface area contributed by atoms with Gasteiger partial charge in [-0.3, -0.25) is 4.79 Å². The van der Waals surface area contributed by atoms with Crippen LogP contribution in [0.1, 0.15) is 30.4 Å². The van der Waals surface area contributed by atoms with Crippen LogP contribution in [0.2, 0.25) is 0 Å². The highest BCUT2D eigenvalue weighted by molar-refractivity contribution is 5.76. The van der Waals surface area contributed by atoms with E-state index < -0.39 is 0 Å². The van der Waals surface area contributed by atoms with Crippen LogP contribution in [0.3, 0.4) is 0 Å². The lowest BCUT2D eigenvalue weighted by Crippen LogP contribution is -2.38. The van der Waals surface area contributed by atoms with Crippen molar-refractivity contribution in [3.8, 4) is 0 Å². The maximum atomic E-state index is 12.1. The summed E-state index contributed by atoms with van der Waals surface area (Å²) in [6.45, 7) is 2.12. The lowest BCUT2D eigenvalue weighted by molar-refractivity contribution is -0.122. The molecule has 0 atom stereocenters. The van der Waals surface area contributed by atoms with Crippen LogP contribution >= 0.6 is 0 Å². The molecule has 1 aromatic carbocycles. The van der Waals surface area contributed by atoms with E-state index in [0.717, 1.165) is 38.8 Å². The Morgan fingerprint density at radius 1 is 1.16 bits per heavy atom. The Morgan fingerprint density at radius 3 is 2.42 bits per heavy atom. The van der Waals surface area contributed by atoms with E-state index in [2.05, 4.69) is 34.9 Å². The molecular weight excluding hydrogens is 236 g/mol. The number of nitrogens with one attached hydrogen (secondary N) is 2. The third-order valence-corrected chi connectivity index (χ3v) is 4.35. The van der Waals surface area contributed by atoms with Gasteiger partial charge in [0.05, 0.1) is 0 Å². The first-order valence-electron chi connectivity index (χ1n) is 7.38. The minimum atomic E-state index is 0.240. The number of benzene rings is 1. The first kappa shape index (κ1) is 12.7. The fraction of sp³-hybridized carbons (Fsp3) is 0.562. The van der Waals surface area contributed by atoms with Gasteiger partial charge in [0.15, 0.2) is 0 Å². The maximum absolute atomic E-state index is 12.1. The van der Waals surface area contributed by atoms with Crippen LogP contribution < -0.4 is 10.6 Å². The van der Waals surface area contributed by atoms with Gasteiger partial charge in [-0.05, 0) is 55.8 Å². The van der Waals surface area contributed by atoms with Crippen molar-refractivity contribution in [1.82, 2.24) is 10.6 Å². The summed E-state index contributed by atoms with van der Waals surface area (Å²) >= 11 is 0. The maximum Gasteiger partial charge on any atom is 0.220 e. The third kappa shape index (κ3) is 3.16. The molecule has 3 rings (SSSR count). The molecule has 1 aromatic rings. The minimum absolute atomic E-state index is 0.240. The van der Waals surface area contributed by atoms with Crippen LogP contribution in [0.15, 0.2) is 24.3 Å². The molecule has 3 heteroatoms. The zero-order chi connectivity index (χ0) is 13.1. The van der Waals surface area contributed by atoms with Crippen molar-refractivity contribution in [2.45, 2.75) is 38.1 Å². The number of amides is 1. The Labute approximate surface area is 114 Å². The smallest absolute Gasteiger partial charge is 0.220 e. The number of fused-ring (bicyclic) bond motifs is 1. The van der Waals surface area contributed by atoms with E-state index in [0.29, 0.717) is 18.4 Å². The predicted octanol–water partition coefficient (Wildman–Crippen LogP) is 1.66. The summed E-state index contributed by atoms with van der Waals surface area (Å²) in [7, 11) is 0. The number of hydrogen-bond donors (Lipinski definition) is 2. The molecule has 0 radical (unpaired) electrons. The third-order valence-electron chi connectivity index (χ3n) is 4.35. The molecule has 1 aliphatic heterocycles. The number of carbonyl (C=O) groups is 1. The highest BCUT2D eigenvalue weighted by Gasteiger charge is 2.24. The van der Waals surface area contributed by atoms with E-state index in [-0.39, 0.29) is 5.91 Å². The molecule has 1 fully saturated rings. The molecule has 1 amide bonds. The lowest BCUT2D eigenvalue weighted by atomic mass is 9.94. The number of hydrogen-bond acceptors (Lipinski definition) is 2. The summed E-state index contributed by atoms with van der Waals surface area (Å²) in [5.74, 6) is 0.815. The summed E-state index contributed by atoms with van der Waals surface area (Å²) in [4.78, 5) is 12.1. The average Bonchev–Trinajstić information content (AvgIpc) is 2.81. The zero-order valence-corrected chi connectivity index (χ0v) is 11.3. The molecule has 3 nitrogen and oxygen atoms in total. The molecule has 0 unspecified atom stereocenters. The lowest BCUT2D eigenvalue weighted by Gasteiger charge is -2.22. The van der Waals surface area contributed by atoms with Gasteiger partial charge in [0.25, 0.3) is 0 Å². The van der Waals surface area contributed by atoms with Crippen LogP contribution in [0.25, 0.3) is 0 Å². The first-order valence-corrected chi connectivity index (χ1v) is 7.38. The van der Waals surface area contributed by atoms with Crippen molar-refractivity contribution < 1.29 is 4.79 Å². The van der Waals surface area contributed by atoms with Crippen LogP contribution in [-0.2, 0) is 17.6 Å². The van der Waals surface area contributed by atoms with Gasteiger partial charge in [-0.15, -0.1) is 0 Å². The second-order valence-electron chi connectivity index (χ2n) is 5.84. The minimum Gasteiger partial charge on any atom is -0.353 e. The van der Waals surface area contributed by atoms with Gasteiger partial charge in [-0.1, -0.05) is 24.3 Å². The summed E-state index contributed by atoms with van der Waals surface area (Å²) in [5.41, 5.74) is 2.80. The van der Waals surface area contributed by atoms with Crippen molar-refractivity contribution in [1.29, 1.82) is 0 Å². The molecular formula is C16H22N2O. The first-order chi connectivity index (χ1) is 9.31. The molecule has 0 spiro atoms. The van der Waals surface area contributed by atoms with E-state index in [9.17, 15) is 4.79 Å². The van der Waals surface area contributed by atoms with E-state index in [1.165, 1.54) is 11.1 Å². The topological polar surface area (TPSA) is 41.1 Å². The molecule has 0 bridgehead atoms. The van der Waals surface area contributed by atoms with Crippen molar-refractivity contribution >= 4 is 5.91 Å². The molecule has 0 aromatic heterocycles. The molecule has 1 saturated heterocycles. The van der Waals surface area contributed by atoms with E-state index >= 15 is 0 Å². The van der Waals surface area contributed by atoms with Gasteiger partial charge in [0.1, 0.15) is 0 Å². The number of carbonyl (C=O) groups excluding carboxylic acids is 1. The standard InChI is InChI=1S/C16H22N2O/c19-16(9-12-5-7-17-8-6-12)18-15-10-13-3-1-2-4-14(13)11-15/h1-4,12,15,17H,5-11H2,(H,18,19). The van der Waals surface area contributed by atoms with E-state index in [1.54, 1.807) is 0 Å². The van der Waals surface area contributed by atoms with Gasteiger partial charge in [-0.2, -0.15) is 0 Å². The monoisotopic (exact) mass is 258 g/mol. The van der Waals surface area contributed by atoms with Crippen molar-refractivity contribution in [2.24, 2.45) is 5.92 Å². The van der Waals surface area contributed by atoms with Crippen LogP contribution in [0.5, 0.6) is 0 Å². The van der Waals surface area contributed by atoms with E-state index in [4.69, 9.17) is 0 Å². The normalized spacial score (nSPS) is 20.2. The van der Waals surface area contributed by atoms with Crippen LogP contribution in [0, 0.1) is 5.92 Å². The van der Waals surface area contributed by atoms with Crippen molar-refractivity contribution in [3.63, 3.8) is 0 Å². The quantitative estimate of drug-likeness (QED) is 0.865. The summed E-state index contributed by atoms with van der Waals surface area (Å²) in [6, 6.07) is 8.82. The Kier molecular flexibility index (Phi) is 3.83.